The van der Waals surface area contributed by atoms with Gasteiger partial charge in [0, 0.05) is 32.2 Å². The maximum atomic E-state index is 13.3. The van der Waals surface area contributed by atoms with E-state index in [2.05, 4.69) is 26.7 Å². The second-order valence-electron chi connectivity index (χ2n) is 5.79. The Labute approximate surface area is 146 Å². The summed E-state index contributed by atoms with van der Waals surface area (Å²) >= 11 is 5.90. The Balaban J connectivity index is 1.64. The molecular formula is C17H20ClFN4O. The second kappa shape index (κ2) is 7.32. The molecule has 0 spiro atoms. The average Bonchev–Trinajstić information content (AvgIpc) is 2.63. The van der Waals surface area contributed by atoms with E-state index >= 15 is 0 Å². The van der Waals surface area contributed by atoms with Crippen LogP contribution < -0.4 is 9.64 Å². The average molecular weight is 351 g/mol. The molecule has 0 saturated carbocycles. The lowest BCUT2D eigenvalue weighted by atomic mass is 10.1. The topological polar surface area (TPSA) is 41.5 Å². The first kappa shape index (κ1) is 16.9. The number of methoxy groups -OCH3 is 1. The number of hydrogen-bond donors (Lipinski definition) is 0. The van der Waals surface area contributed by atoms with Gasteiger partial charge in [-0.25, -0.2) is 4.39 Å². The van der Waals surface area contributed by atoms with Crippen LogP contribution >= 0.6 is 11.6 Å². The molecule has 1 aromatic carbocycles. The third-order valence-corrected chi connectivity index (χ3v) is 4.71. The molecule has 128 valence electrons. The number of aromatic nitrogens is 2. The molecule has 7 heteroatoms. The molecule has 2 aromatic rings. The van der Waals surface area contributed by atoms with E-state index in [4.69, 9.17) is 16.3 Å². The van der Waals surface area contributed by atoms with E-state index in [0.717, 1.165) is 37.6 Å². The summed E-state index contributed by atoms with van der Waals surface area (Å²) in [5.41, 5.74) is 1.02. The molecule has 0 bridgehead atoms. The van der Waals surface area contributed by atoms with Crippen LogP contribution in [-0.2, 0) is 0 Å². The number of rotatable bonds is 4. The fourth-order valence-corrected chi connectivity index (χ4v) is 3.10. The molecule has 2 heterocycles. The first-order chi connectivity index (χ1) is 11.6. The summed E-state index contributed by atoms with van der Waals surface area (Å²) in [6.45, 7) is 5.58. The molecule has 1 aliphatic heterocycles. The SMILES string of the molecule is COc1cncc(N2CCN(C(C)c3ccc(F)c(Cl)c3)CC2)n1. The van der Waals surface area contributed by atoms with Gasteiger partial charge in [0.1, 0.15) is 5.82 Å². The molecule has 1 saturated heterocycles. The quantitative estimate of drug-likeness (QED) is 0.847. The minimum Gasteiger partial charge on any atom is -0.480 e. The number of anilines is 1. The van der Waals surface area contributed by atoms with Gasteiger partial charge in [-0.2, -0.15) is 4.98 Å². The molecule has 1 aromatic heterocycles. The fraction of sp³-hybridized carbons (Fsp3) is 0.412. The van der Waals surface area contributed by atoms with Crippen molar-refractivity contribution in [3.8, 4) is 5.88 Å². The van der Waals surface area contributed by atoms with Crippen LogP contribution in [0.1, 0.15) is 18.5 Å². The van der Waals surface area contributed by atoms with Crippen molar-refractivity contribution in [1.29, 1.82) is 0 Å². The molecule has 1 fully saturated rings. The van der Waals surface area contributed by atoms with E-state index in [-0.39, 0.29) is 16.9 Å². The van der Waals surface area contributed by atoms with Gasteiger partial charge in [0.25, 0.3) is 0 Å². The highest BCUT2D eigenvalue weighted by molar-refractivity contribution is 6.30. The van der Waals surface area contributed by atoms with E-state index in [9.17, 15) is 4.39 Å². The Kier molecular flexibility index (Phi) is 5.16. The van der Waals surface area contributed by atoms with Gasteiger partial charge in [0.2, 0.25) is 5.88 Å². The molecule has 3 rings (SSSR count). The van der Waals surface area contributed by atoms with E-state index in [1.165, 1.54) is 6.07 Å². The number of hydrogen-bond acceptors (Lipinski definition) is 5. The lowest BCUT2D eigenvalue weighted by molar-refractivity contribution is 0.198. The van der Waals surface area contributed by atoms with E-state index in [1.54, 1.807) is 31.6 Å². The van der Waals surface area contributed by atoms with Crippen molar-refractivity contribution in [1.82, 2.24) is 14.9 Å². The molecular weight excluding hydrogens is 331 g/mol. The van der Waals surface area contributed by atoms with Crippen LogP contribution in [0.3, 0.4) is 0 Å². The van der Waals surface area contributed by atoms with Crippen molar-refractivity contribution in [3.05, 3.63) is 47.0 Å². The largest absolute Gasteiger partial charge is 0.480 e. The Bertz CT molecular complexity index is 707. The molecule has 24 heavy (non-hydrogen) atoms. The van der Waals surface area contributed by atoms with Crippen molar-refractivity contribution in [2.45, 2.75) is 13.0 Å². The summed E-state index contributed by atoms with van der Waals surface area (Å²) in [4.78, 5) is 13.1. The zero-order valence-corrected chi connectivity index (χ0v) is 14.5. The minimum atomic E-state index is -0.381. The van der Waals surface area contributed by atoms with Crippen molar-refractivity contribution < 1.29 is 9.13 Å². The summed E-state index contributed by atoms with van der Waals surface area (Å²) in [5, 5.41) is 0.171. The van der Waals surface area contributed by atoms with Crippen LogP contribution in [0.15, 0.2) is 30.6 Å². The lowest BCUT2D eigenvalue weighted by Gasteiger charge is -2.38. The van der Waals surface area contributed by atoms with E-state index in [0.29, 0.717) is 5.88 Å². The number of ether oxygens (including phenoxy) is 1. The predicted octanol–water partition coefficient (Wildman–Crippen LogP) is 3.16. The zero-order chi connectivity index (χ0) is 17.1. The summed E-state index contributed by atoms with van der Waals surface area (Å²) in [5.74, 6) is 0.963. The Morgan fingerprint density at radius 3 is 2.62 bits per heavy atom. The summed E-state index contributed by atoms with van der Waals surface area (Å²) in [6.07, 6.45) is 3.35. The van der Waals surface area contributed by atoms with Crippen LogP contribution in [0.5, 0.6) is 5.88 Å². The van der Waals surface area contributed by atoms with Crippen LogP contribution in [-0.4, -0.2) is 48.2 Å². The van der Waals surface area contributed by atoms with Crippen LogP contribution in [0.2, 0.25) is 5.02 Å². The van der Waals surface area contributed by atoms with Crippen molar-refractivity contribution in [2.24, 2.45) is 0 Å². The Morgan fingerprint density at radius 1 is 1.21 bits per heavy atom. The lowest BCUT2D eigenvalue weighted by Crippen LogP contribution is -2.47. The third kappa shape index (κ3) is 3.60. The normalized spacial score (nSPS) is 16.9. The van der Waals surface area contributed by atoms with Gasteiger partial charge in [-0.3, -0.25) is 9.88 Å². The monoisotopic (exact) mass is 350 g/mol. The van der Waals surface area contributed by atoms with Crippen molar-refractivity contribution >= 4 is 17.4 Å². The van der Waals surface area contributed by atoms with E-state index in [1.807, 2.05) is 0 Å². The van der Waals surface area contributed by atoms with Gasteiger partial charge in [-0.1, -0.05) is 17.7 Å². The molecule has 1 unspecified atom stereocenters. The molecule has 1 atom stereocenters. The molecule has 0 amide bonds. The Hall–Kier alpha value is -1.92. The van der Waals surface area contributed by atoms with Gasteiger partial charge < -0.3 is 9.64 Å². The van der Waals surface area contributed by atoms with E-state index < -0.39 is 0 Å². The minimum absolute atomic E-state index is 0.171. The summed E-state index contributed by atoms with van der Waals surface area (Å²) < 4.78 is 18.5. The smallest absolute Gasteiger partial charge is 0.233 e. The summed E-state index contributed by atoms with van der Waals surface area (Å²) in [6, 6.07) is 5.12. The fourth-order valence-electron chi connectivity index (χ4n) is 2.91. The number of piperazine rings is 1. The van der Waals surface area contributed by atoms with Gasteiger partial charge in [-0.05, 0) is 24.6 Å². The highest BCUT2D eigenvalue weighted by Gasteiger charge is 2.23. The number of nitrogens with zero attached hydrogens (tertiary/aromatic N) is 4. The van der Waals surface area contributed by atoms with Crippen molar-refractivity contribution in [2.75, 3.05) is 38.2 Å². The zero-order valence-electron chi connectivity index (χ0n) is 13.7. The predicted molar refractivity (Wildman–Crippen MR) is 92.2 cm³/mol. The molecule has 0 N–H and O–H groups in total. The molecule has 0 radical (unpaired) electrons. The van der Waals surface area contributed by atoms with Crippen LogP contribution in [0.4, 0.5) is 10.2 Å². The van der Waals surface area contributed by atoms with Gasteiger partial charge in [0.15, 0.2) is 5.82 Å². The molecule has 0 aliphatic carbocycles. The summed E-state index contributed by atoms with van der Waals surface area (Å²) in [7, 11) is 1.58. The maximum absolute atomic E-state index is 13.3. The number of halogens is 2. The number of benzene rings is 1. The van der Waals surface area contributed by atoms with Crippen LogP contribution in [0, 0.1) is 5.82 Å². The van der Waals surface area contributed by atoms with Gasteiger partial charge in [-0.15, -0.1) is 0 Å². The maximum Gasteiger partial charge on any atom is 0.233 e. The van der Waals surface area contributed by atoms with Gasteiger partial charge in [0.05, 0.1) is 24.5 Å². The Morgan fingerprint density at radius 2 is 1.96 bits per heavy atom. The van der Waals surface area contributed by atoms with Crippen LogP contribution in [0.25, 0.3) is 0 Å². The highest BCUT2D eigenvalue weighted by Crippen LogP contribution is 2.26. The highest BCUT2D eigenvalue weighted by atomic mass is 35.5. The first-order valence-electron chi connectivity index (χ1n) is 7.88. The molecule has 1 aliphatic rings. The third-order valence-electron chi connectivity index (χ3n) is 4.42. The molecule has 5 nitrogen and oxygen atoms in total. The first-order valence-corrected chi connectivity index (χ1v) is 8.26. The van der Waals surface area contributed by atoms with Crippen molar-refractivity contribution in [3.63, 3.8) is 0 Å². The second-order valence-corrected chi connectivity index (χ2v) is 6.20. The standard InChI is InChI=1S/C17H20ClFN4O/c1-12(13-3-4-15(19)14(18)9-13)22-5-7-23(8-6-22)16-10-20-11-17(21-16)24-2/h3-4,9-12H,5-8H2,1-2H3. The van der Waals surface area contributed by atoms with Gasteiger partial charge >= 0.3 is 0 Å².